The van der Waals surface area contributed by atoms with E-state index in [9.17, 15) is 28.0 Å². The van der Waals surface area contributed by atoms with Crippen LogP contribution in [0.5, 0.6) is 0 Å². The molecule has 0 spiro atoms. The normalized spacial score (nSPS) is 14.2. The van der Waals surface area contributed by atoms with Crippen LogP contribution in [0.25, 0.3) is 21.0 Å². The van der Waals surface area contributed by atoms with Gasteiger partial charge in [-0.1, -0.05) is 51.1 Å². The minimum Gasteiger partial charge on any atom is -0.386 e. The summed E-state index contributed by atoms with van der Waals surface area (Å²) < 4.78 is 41.0. The molecule has 4 rings (SSSR count). The van der Waals surface area contributed by atoms with Crippen LogP contribution in [0.1, 0.15) is 43.0 Å². The highest BCUT2D eigenvalue weighted by Gasteiger charge is 2.45. The lowest BCUT2D eigenvalue weighted by molar-refractivity contribution is -0.204. The predicted molar refractivity (Wildman–Crippen MR) is 142 cm³/mol. The molecule has 1 fully saturated rings. The molecule has 39 heavy (non-hydrogen) atoms. The number of nitrogens with zero attached hydrogens (tertiary/aromatic N) is 3. The Kier molecular flexibility index (Phi) is 8.52. The number of aromatic nitrogens is 1. The van der Waals surface area contributed by atoms with Crippen molar-refractivity contribution in [2.75, 3.05) is 13.1 Å². The van der Waals surface area contributed by atoms with Gasteiger partial charge in [-0.15, -0.1) is 11.3 Å². The van der Waals surface area contributed by atoms with Crippen LogP contribution < -0.4 is 0 Å². The van der Waals surface area contributed by atoms with Gasteiger partial charge in [0, 0.05) is 31.4 Å². The van der Waals surface area contributed by atoms with Gasteiger partial charge >= 0.3 is 18.1 Å². The molecule has 6 nitrogen and oxygen atoms in total. The quantitative estimate of drug-likeness (QED) is 0.244. The number of ether oxygens (including phenoxy) is 1. The van der Waals surface area contributed by atoms with E-state index in [1.807, 2.05) is 47.5 Å². The van der Waals surface area contributed by atoms with Gasteiger partial charge < -0.3 is 4.74 Å². The van der Waals surface area contributed by atoms with Crippen molar-refractivity contribution in [1.82, 2.24) is 9.88 Å². The summed E-state index contributed by atoms with van der Waals surface area (Å²) in [4.78, 5) is 30.4. The highest BCUT2D eigenvalue weighted by molar-refractivity contribution is 7.18. The lowest BCUT2D eigenvalue weighted by Gasteiger charge is -2.37. The summed E-state index contributed by atoms with van der Waals surface area (Å²) in [6.45, 7) is 7.25. The Bertz CT molecular complexity index is 1420. The number of hydrogen-bond acceptors (Lipinski definition) is 7. The third-order valence-electron chi connectivity index (χ3n) is 6.61. The third-order valence-corrected chi connectivity index (χ3v) is 7.69. The van der Waals surface area contributed by atoms with Gasteiger partial charge in [0.2, 0.25) is 0 Å². The molecule has 0 N–H and O–H groups in total. The first-order valence-electron chi connectivity index (χ1n) is 12.7. The first kappa shape index (κ1) is 28.5. The summed E-state index contributed by atoms with van der Waals surface area (Å²) in [5, 5.41) is 10.5. The van der Waals surface area contributed by atoms with E-state index in [-0.39, 0.29) is 13.1 Å². The zero-order valence-electron chi connectivity index (χ0n) is 21.8. The van der Waals surface area contributed by atoms with Crippen LogP contribution in [0.3, 0.4) is 0 Å². The van der Waals surface area contributed by atoms with E-state index in [1.54, 1.807) is 11.3 Å². The monoisotopic (exact) mass is 555 g/mol. The van der Waals surface area contributed by atoms with Crippen LogP contribution in [-0.2, 0) is 33.7 Å². The van der Waals surface area contributed by atoms with E-state index in [2.05, 4.69) is 36.6 Å². The van der Waals surface area contributed by atoms with Crippen molar-refractivity contribution >= 4 is 23.3 Å². The summed E-state index contributed by atoms with van der Waals surface area (Å²) in [6.07, 6.45) is -1.77. The van der Waals surface area contributed by atoms with Gasteiger partial charge in [-0.2, -0.15) is 18.4 Å². The van der Waals surface area contributed by atoms with Gasteiger partial charge in [0.05, 0.1) is 22.4 Å². The molecule has 0 aliphatic carbocycles. The maximum absolute atomic E-state index is 12.4. The molecule has 1 saturated heterocycles. The number of esters is 2. The van der Waals surface area contributed by atoms with Crippen LogP contribution in [0.15, 0.2) is 42.6 Å². The van der Waals surface area contributed by atoms with Crippen molar-refractivity contribution in [3.8, 4) is 27.1 Å². The summed E-state index contributed by atoms with van der Waals surface area (Å²) >= 11 is 1.55. The fraction of sp³-hybridized carbons (Fsp3) is 0.379. The molecule has 1 aliphatic rings. The van der Waals surface area contributed by atoms with Gasteiger partial charge in [-0.25, -0.2) is 9.78 Å². The van der Waals surface area contributed by atoms with Gasteiger partial charge in [-0.3, -0.25) is 9.69 Å². The fourth-order valence-electron chi connectivity index (χ4n) is 4.72. The SMILES string of the molecule is CCc1c(CN2CC(C(=O)OC(=O)C(F)(F)F)C2)cccc1-c1cnc(-c2ccc(CC(C)C)c(C#N)c2)s1. The van der Waals surface area contributed by atoms with E-state index in [4.69, 9.17) is 0 Å². The van der Waals surface area contributed by atoms with Gasteiger partial charge in [0.25, 0.3) is 0 Å². The summed E-state index contributed by atoms with van der Waals surface area (Å²) in [5.74, 6) is -3.94. The highest BCUT2D eigenvalue weighted by atomic mass is 32.1. The van der Waals surface area contributed by atoms with Crippen molar-refractivity contribution in [3.05, 3.63) is 64.8 Å². The van der Waals surface area contributed by atoms with Gasteiger partial charge in [0.15, 0.2) is 0 Å². The van der Waals surface area contributed by atoms with Gasteiger partial charge in [-0.05, 0) is 47.1 Å². The van der Waals surface area contributed by atoms with Gasteiger partial charge in [0.1, 0.15) is 5.01 Å². The highest BCUT2D eigenvalue weighted by Crippen LogP contribution is 2.36. The number of rotatable bonds is 8. The lowest BCUT2D eigenvalue weighted by Crippen LogP contribution is -2.51. The maximum Gasteiger partial charge on any atom is 0.491 e. The van der Waals surface area contributed by atoms with E-state index in [0.29, 0.717) is 18.0 Å². The molecule has 0 radical (unpaired) electrons. The Balaban J connectivity index is 1.47. The second-order valence-electron chi connectivity index (χ2n) is 10.0. The molecule has 0 saturated carbocycles. The van der Waals surface area contributed by atoms with Crippen LogP contribution in [0.4, 0.5) is 13.2 Å². The lowest BCUT2D eigenvalue weighted by atomic mass is 9.94. The Morgan fingerprint density at radius 3 is 2.59 bits per heavy atom. The molecule has 10 heteroatoms. The van der Waals surface area contributed by atoms with Crippen LogP contribution in [-0.4, -0.2) is 41.1 Å². The molecular formula is C29H28F3N3O3S. The molecule has 2 aromatic carbocycles. The number of likely N-dealkylation sites (tertiary alicyclic amines) is 1. The number of thiazole rings is 1. The first-order valence-corrected chi connectivity index (χ1v) is 13.5. The Morgan fingerprint density at radius 2 is 1.95 bits per heavy atom. The standard InChI is InChI=1S/C29H28F3N3O3S/c1-4-23-20(14-35-15-22(16-35)27(36)38-28(37)29(30,31)32)6-5-7-24(23)25-13-34-26(39-25)19-9-8-18(10-17(2)3)21(11-19)12-33/h5-9,11,13,17,22H,4,10,14-16H2,1-3H3. The molecule has 0 amide bonds. The van der Waals surface area contributed by atoms with Crippen LogP contribution >= 0.6 is 11.3 Å². The first-order chi connectivity index (χ1) is 18.5. The largest absolute Gasteiger partial charge is 0.491 e. The minimum atomic E-state index is -5.19. The number of halogens is 3. The number of alkyl halides is 3. The molecule has 2 heterocycles. The van der Waals surface area contributed by atoms with Crippen molar-refractivity contribution in [1.29, 1.82) is 5.26 Å². The molecule has 3 aromatic rings. The molecular weight excluding hydrogens is 527 g/mol. The number of benzene rings is 2. The number of carbonyl (C=O) groups excluding carboxylic acids is 2. The van der Waals surface area contributed by atoms with E-state index in [1.165, 1.54) is 0 Å². The minimum absolute atomic E-state index is 0.218. The predicted octanol–water partition coefficient (Wildman–Crippen LogP) is 6.17. The molecule has 204 valence electrons. The average molecular weight is 556 g/mol. The van der Waals surface area contributed by atoms with Crippen molar-refractivity contribution in [2.24, 2.45) is 11.8 Å². The molecule has 0 bridgehead atoms. The van der Waals surface area contributed by atoms with Crippen LogP contribution in [0, 0.1) is 23.2 Å². The van der Waals surface area contributed by atoms with E-state index < -0.39 is 24.0 Å². The van der Waals surface area contributed by atoms with Crippen LogP contribution in [0.2, 0.25) is 0 Å². The second-order valence-corrected chi connectivity index (χ2v) is 11.0. The summed E-state index contributed by atoms with van der Waals surface area (Å²) in [5.41, 5.74) is 5.80. The summed E-state index contributed by atoms with van der Waals surface area (Å²) in [7, 11) is 0. The average Bonchev–Trinajstić information content (AvgIpc) is 3.35. The smallest absolute Gasteiger partial charge is 0.386 e. The fourth-order valence-corrected chi connectivity index (χ4v) is 5.68. The maximum atomic E-state index is 12.4. The second kappa shape index (κ2) is 11.7. The Hall–Kier alpha value is -3.55. The Labute approximate surface area is 229 Å². The summed E-state index contributed by atoms with van der Waals surface area (Å²) in [6, 6.07) is 14.2. The molecule has 1 aliphatic heterocycles. The van der Waals surface area contributed by atoms with Crippen molar-refractivity contribution < 1.29 is 27.5 Å². The number of hydrogen-bond donors (Lipinski definition) is 0. The zero-order valence-corrected chi connectivity index (χ0v) is 22.7. The van der Waals surface area contributed by atoms with Crippen molar-refractivity contribution in [3.63, 3.8) is 0 Å². The Morgan fingerprint density at radius 1 is 1.21 bits per heavy atom. The molecule has 1 aromatic heterocycles. The molecule has 0 atom stereocenters. The van der Waals surface area contributed by atoms with Crippen molar-refractivity contribution in [2.45, 2.75) is 46.3 Å². The third kappa shape index (κ3) is 6.54. The zero-order chi connectivity index (χ0) is 28.3. The molecule has 0 unspecified atom stereocenters. The number of nitriles is 1. The topological polar surface area (TPSA) is 83.3 Å². The van der Waals surface area contributed by atoms with E-state index >= 15 is 0 Å². The number of carbonyl (C=O) groups is 2. The van der Waals surface area contributed by atoms with E-state index in [0.717, 1.165) is 50.5 Å².